The van der Waals surface area contributed by atoms with E-state index in [1.165, 1.54) is 0 Å². The summed E-state index contributed by atoms with van der Waals surface area (Å²) in [5.41, 5.74) is 2.73. The molecule has 0 aliphatic carbocycles. The van der Waals surface area contributed by atoms with Crippen LogP contribution in [0.2, 0.25) is 0 Å². The summed E-state index contributed by atoms with van der Waals surface area (Å²) in [6.07, 6.45) is 1.40. The highest BCUT2D eigenvalue weighted by Crippen LogP contribution is 2.22. The number of carbonyl (C=O) groups excluding carboxylic acids is 3. The molecule has 2 aromatic carbocycles. The van der Waals surface area contributed by atoms with Crippen molar-refractivity contribution < 1.29 is 14.4 Å². The highest BCUT2D eigenvalue weighted by molar-refractivity contribution is 5.95. The fourth-order valence-corrected chi connectivity index (χ4v) is 3.25. The first-order valence-corrected chi connectivity index (χ1v) is 10.4. The molecule has 2 aromatic rings. The summed E-state index contributed by atoms with van der Waals surface area (Å²) >= 11 is 0. The average Bonchev–Trinajstić information content (AvgIpc) is 2.75. The van der Waals surface area contributed by atoms with Gasteiger partial charge in [-0.25, -0.2) is 0 Å². The van der Waals surface area contributed by atoms with Gasteiger partial charge in [0.25, 0.3) is 0 Å². The summed E-state index contributed by atoms with van der Waals surface area (Å²) in [6, 6.07) is 17.0. The van der Waals surface area contributed by atoms with Crippen LogP contribution < -0.4 is 10.6 Å². The van der Waals surface area contributed by atoms with Crippen LogP contribution in [0.5, 0.6) is 0 Å². The van der Waals surface area contributed by atoms with Gasteiger partial charge in [-0.2, -0.15) is 0 Å². The highest BCUT2D eigenvalue weighted by atomic mass is 16.2. The lowest BCUT2D eigenvalue weighted by atomic mass is 9.95. The van der Waals surface area contributed by atoms with E-state index in [1.54, 1.807) is 4.90 Å². The third kappa shape index (κ3) is 7.03. The highest BCUT2D eigenvalue weighted by Gasteiger charge is 2.25. The topological polar surface area (TPSA) is 78.5 Å². The summed E-state index contributed by atoms with van der Waals surface area (Å²) < 4.78 is 0. The quantitative estimate of drug-likeness (QED) is 0.631. The van der Waals surface area contributed by atoms with E-state index in [2.05, 4.69) is 10.6 Å². The van der Waals surface area contributed by atoms with Crippen molar-refractivity contribution in [2.45, 2.75) is 39.5 Å². The molecule has 6 heteroatoms. The summed E-state index contributed by atoms with van der Waals surface area (Å²) in [4.78, 5) is 39.1. The van der Waals surface area contributed by atoms with Gasteiger partial charge < -0.3 is 15.5 Å². The maximum atomic E-state index is 13.1. The lowest BCUT2D eigenvalue weighted by Crippen LogP contribution is -2.44. The van der Waals surface area contributed by atoms with E-state index in [0.717, 1.165) is 17.5 Å². The molecule has 1 atom stereocenters. The number of nitrogens with zero attached hydrogens (tertiary/aromatic N) is 1. The molecular weight excluding hydrogens is 378 g/mol. The Morgan fingerprint density at radius 3 is 2.20 bits per heavy atom. The van der Waals surface area contributed by atoms with E-state index < -0.39 is 0 Å². The number of carbonyl (C=O) groups is 3. The number of anilines is 1. The van der Waals surface area contributed by atoms with Gasteiger partial charge >= 0.3 is 0 Å². The third-order valence-corrected chi connectivity index (χ3v) is 4.83. The number of rotatable bonds is 10. The van der Waals surface area contributed by atoms with E-state index in [4.69, 9.17) is 0 Å². The Balaban J connectivity index is 1.91. The Bertz CT molecular complexity index is 835. The minimum Gasteiger partial charge on any atom is -0.345 e. The minimum atomic E-state index is -0.348. The summed E-state index contributed by atoms with van der Waals surface area (Å²) in [7, 11) is 0. The normalized spacial score (nSPS) is 11.4. The molecule has 0 spiro atoms. The summed E-state index contributed by atoms with van der Waals surface area (Å²) in [5, 5.41) is 5.35. The lowest BCUT2D eigenvalue weighted by molar-refractivity contribution is -0.137. The van der Waals surface area contributed by atoms with Crippen LogP contribution in [0.15, 0.2) is 54.6 Å². The Labute approximate surface area is 178 Å². The molecule has 0 radical (unpaired) electrons. The van der Waals surface area contributed by atoms with Crippen molar-refractivity contribution in [1.29, 1.82) is 0 Å². The van der Waals surface area contributed by atoms with Gasteiger partial charge in [-0.3, -0.25) is 14.4 Å². The SMILES string of the molecule is CCCN(CC(=O)NCC(=O)Nc1ccc(C)cc1)C(=O)C(CC)c1ccccc1. The molecule has 160 valence electrons. The monoisotopic (exact) mass is 409 g/mol. The van der Waals surface area contributed by atoms with Crippen LogP contribution in [0.1, 0.15) is 43.7 Å². The molecule has 3 amide bonds. The first-order chi connectivity index (χ1) is 14.4. The van der Waals surface area contributed by atoms with Crippen LogP contribution in [0.25, 0.3) is 0 Å². The van der Waals surface area contributed by atoms with Crippen LogP contribution in [0, 0.1) is 6.92 Å². The maximum Gasteiger partial charge on any atom is 0.243 e. The lowest BCUT2D eigenvalue weighted by Gasteiger charge is -2.26. The minimum absolute atomic E-state index is 0.0617. The van der Waals surface area contributed by atoms with Gasteiger partial charge in [-0.1, -0.05) is 61.9 Å². The standard InChI is InChI=1S/C24H31N3O3/c1-4-15-27(24(30)21(5-2)19-9-7-6-8-10-19)17-23(29)25-16-22(28)26-20-13-11-18(3)12-14-20/h6-14,21H,4-5,15-17H2,1-3H3,(H,25,29)(H,26,28). The molecule has 0 heterocycles. The molecular formula is C24H31N3O3. The largest absolute Gasteiger partial charge is 0.345 e. The molecule has 0 fully saturated rings. The van der Waals surface area contributed by atoms with E-state index in [-0.39, 0.29) is 36.7 Å². The Morgan fingerprint density at radius 2 is 1.60 bits per heavy atom. The first-order valence-electron chi connectivity index (χ1n) is 10.4. The zero-order valence-electron chi connectivity index (χ0n) is 18.0. The summed E-state index contributed by atoms with van der Waals surface area (Å²) in [5.74, 6) is -1.00. The van der Waals surface area contributed by atoms with Gasteiger partial charge in [0.2, 0.25) is 17.7 Å². The zero-order chi connectivity index (χ0) is 21.9. The molecule has 0 aliphatic heterocycles. The predicted octanol–water partition coefficient (Wildman–Crippen LogP) is 3.48. The van der Waals surface area contributed by atoms with Gasteiger partial charge in [0.15, 0.2) is 0 Å². The molecule has 1 unspecified atom stereocenters. The van der Waals surface area contributed by atoms with Crippen molar-refractivity contribution in [1.82, 2.24) is 10.2 Å². The van der Waals surface area contributed by atoms with Crippen LogP contribution in [0.4, 0.5) is 5.69 Å². The molecule has 0 saturated heterocycles. The second kappa shape index (κ2) is 11.8. The molecule has 0 saturated carbocycles. The number of benzene rings is 2. The van der Waals surface area contributed by atoms with Crippen LogP contribution >= 0.6 is 0 Å². The number of hydrogen-bond acceptors (Lipinski definition) is 3. The van der Waals surface area contributed by atoms with Crippen LogP contribution in [0.3, 0.4) is 0 Å². The van der Waals surface area contributed by atoms with Crippen molar-refractivity contribution in [3.05, 3.63) is 65.7 Å². The number of hydrogen-bond donors (Lipinski definition) is 2. The van der Waals surface area contributed by atoms with Crippen molar-refractivity contribution >= 4 is 23.4 Å². The fraction of sp³-hybridized carbons (Fsp3) is 0.375. The molecule has 0 aromatic heterocycles. The summed E-state index contributed by atoms with van der Waals surface area (Å²) in [6.45, 7) is 6.19. The molecule has 0 bridgehead atoms. The first kappa shape index (κ1) is 23.1. The Hall–Kier alpha value is -3.15. The molecule has 0 aliphatic rings. The van der Waals surface area contributed by atoms with Gasteiger partial charge in [-0.15, -0.1) is 0 Å². The molecule has 30 heavy (non-hydrogen) atoms. The van der Waals surface area contributed by atoms with Gasteiger partial charge in [0, 0.05) is 12.2 Å². The predicted molar refractivity (Wildman–Crippen MR) is 119 cm³/mol. The van der Waals surface area contributed by atoms with Gasteiger partial charge in [0.1, 0.15) is 0 Å². The second-order valence-electron chi connectivity index (χ2n) is 7.32. The third-order valence-electron chi connectivity index (χ3n) is 4.83. The number of nitrogens with one attached hydrogen (secondary N) is 2. The molecule has 2 rings (SSSR count). The Morgan fingerprint density at radius 1 is 0.933 bits per heavy atom. The molecule has 2 N–H and O–H groups in total. The smallest absolute Gasteiger partial charge is 0.243 e. The zero-order valence-corrected chi connectivity index (χ0v) is 18.0. The van der Waals surface area contributed by atoms with Crippen molar-refractivity contribution in [2.75, 3.05) is 25.0 Å². The van der Waals surface area contributed by atoms with Crippen LogP contribution in [-0.4, -0.2) is 42.3 Å². The van der Waals surface area contributed by atoms with Crippen molar-refractivity contribution in [3.63, 3.8) is 0 Å². The van der Waals surface area contributed by atoms with Gasteiger partial charge in [-0.05, 0) is 37.5 Å². The maximum absolute atomic E-state index is 13.1. The number of aryl methyl sites for hydroxylation is 1. The van der Waals surface area contributed by atoms with Crippen molar-refractivity contribution in [3.8, 4) is 0 Å². The molecule has 6 nitrogen and oxygen atoms in total. The van der Waals surface area contributed by atoms with E-state index in [0.29, 0.717) is 18.7 Å². The van der Waals surface area contributed by atoms with E-state index >= 15 is 0 Å². The Kier molecular flexibility index (Phi) is 9.06. The fourth-order valence-electron chi connectivity index (χ4n) is 3.25. The van der Waals surface area contributed by atoms with E-state index in [9.17, 15) is 14.4 Å². The van der Waals surface area contributed by atoms with Gasteiger partial charge in [0.05, 0.1) is 19.0 Å². The number of amides is 3. The second-order valence-corrected chi connectivity index (χ2v) is 7.32. The van der Waals surface area contributed by atoms with E-state index in [1.807, 2.05) is 75.4 Å². The average molecular weight is 410 g/mol. The van der Waals surface area contributed by atoms with Crippen LogP contribution in [-0.2, 0) is 14.4 Å². The van der Waals surface area contributed by atoms with Crippen molar-refractivity contribution in [2.24, 2.45) is 0 Å².